The summed E-state index contributed by atoms with van der Waals surface area (Å²) in [4.78, 5) is 24.6. The van der Waals surface area contributed by atoms with Crippen molar-refractivity contribution in [3.63, 3.8) is 0 Å². The zero-order chi connectivity index (χ0) is 15.5. The second-order valence-electron chi connectivity index (χ2n) is 5.11. The molecular weight excluding hydrogens is 284 g/mol. The molecule has 2 aromatic rings. The van der Waals surface area contributed by atoms with Crippen LogP contribution in [0.2, 0.25) is 0 Å². The topological polar surface area (TPSA) is 69.7 Å². The van der Waals surface area contributed by atoms with Gasteiger partial charge in [0.15, 0.2) is 5.78 Å². The number of esters is 1. The molecule has 0 aromatic carbocycles. The van der Waals surface area contributed by atoms with E-state index in [2.05, 4.69) is 0 Å². The van der Waals surface area contributed by atoms with Crippen molar-refractivity contribution < 1.29 is 23.2 Å². The van der Waals surface area contributed by atoms with E-state index < -0.39 is 11.9 Å². The molecule has 0 aliphatic heterocycles. The van der Waals surface area contributed by atoms with Gasteiger partial charge in [0.1, 0.15) is 17.4 Å². The van der Waals surface area contributed by atoms with Crippen LogP contribution in [0.25, 0.3) is 5.57 Å². The van der Waals surface area contributed by atoms with Crippen molar-refractivity contribution in [1.29, 1.82) is 0 Å². The average Bonchev–Trinajstić information content (AvgIpc) is 3.20. The Labute approximate surface area is 127 Å². The number of carbonyl (C=O) groups excluding carboxylic acids is 2. The molecule has 22 heavy (non-hydrogen) atoms. The van der Waals surface area contributed by atoms with Gasteiger partial charge in [0, 0.05) is 5.92 Å². The lowest BCUT2D eigenvalue weighted by atomic mass is 9.77. The van der Waals surface area contributed by atoms with E-state index >= 15 is 0 Å². The minimum atomic E-state index is -0.871. The molecule has 2 unspecified atom stereocenters. The van der Waals surface area contributed by atoms with Crippen LogP contribution in [-0.4, -0.2) is 18.4 Å². The molecule has 0 saturated carbocycles. The van der Waals surface area contributed by atoms with Crippen LogP contribution < -0.4 is 0 Å². The number of ketones is 1. The summed E-state index contributed by atoms with van der Waals surface area (Å²) in [6.45, 7) is 1.96. The molecule has 0 fully saturated rings. The van der Waals surface area contributed by atoms with Gasteiger partial charge in [-0.1, -0.05) is 0 Å². The molecule has 5 nitrogen and oxygen atoms in total. The molecule has 0 saturated heterocycles. The lowest BCUT2D eigenvalue weighted by Crippen LogP contribution is -2.33. The van der Waals surface area contributed by atoms with Crippen molar-refractivity contribution >= 4 is 17.3 Å². The Morgan fingerprint density at radius 3 is 2.68 bits per heavy atom. The molecule has 0 N–H and O–H groups in total. The Balaban J connectivity index is 1.98. The minimum absolute atomic E-state index is 0.238. The van der Waals surface area contributed by atoms with Gasteiger partial charge in [-0.15, -0.1) is 0 Å². The lowest BCUT2D eigenvalue weighted by molar-refractivity contribution is -0.151. The van der Waals surface area contributed by atoms with E-state index in [1.165, 1.54) is 12.3 Å². The van der Waals surface area contributed by atoms with E-state index in [4.69, 9.17) is 13.6 Å². The fraction of sp³-hybridized carbons (Fsp3) is 0.294. The van der Waals surface area contributed by atoms with Crippen LogP contribution in [0.15, 0.2) is 51.7 Å². The van der Waals surface area contributed by atoms with Crippen LogP contribution in [0, 0.1) is 5.92 Å². The van der Waals surface area contributed by atoms with Crippen molar-refractivity contribution in [2.75, 3.05) is 6.61 Å². The second kappa shape index (κ2) is 6.05. The highest BCUT2D eigenvalue weighted by Crippen LogP contribution is 2.40. The Morgan fingerprint density at radius 1 is 1.27 bits per heavy atom. The summed E-state index contributed by atoms with van der Waals surface area (Å²) >= 11 is 0. The Kier molecular flexibility index (Phi) is 3.96. The maximum atomic E-state index is 12.5. The van der Waals surface area contributed by atoms with Crippen molar-refractivity contribution in [1.82, 2.24) is 0 Å². The maximum absolute atomic E-state index is 12.5. The summed E-state index contributed by atoms with van der Waals surface area (Å²) in [6, 6.07) is 7.07. The number of hydrogen-bond donors (Lipinski definition) is 0. The molecule has 0 amide bonds. The average molecular weight is 300 g/mol. The van der Waals surface area contributed by atoms with E-state index in [1.54, 1.807) is 37.5 Å². The summed E-state index contributed by atoms with van der Waals surface area (Å²) in [6.07, 6.45) is 5.04. The summed E-state index contributed by atoms with van der Waals surface area (Å²) in [5.74, 6) is -0.812. The number of allylic oxidation sites excluding steroid dienone is 2. The van der Waals surface area contributed by atoms with Crippen molar-refractivity contribution in [3.8, 4) is 0 Å². The second-order valence-corrected chi connectivity index (χ2v) is 5.11. The first-order chi connectivity index (χ1) is 10.7. The number of furan rings is 2. The molecule has 3 rings (SSSR count). The number of carbonyl (C=O) groups is 2. The first-order valence-electron chi connectivity index (χ1n) is 7.19. The molecule has 0 radical (unpaired) electrons. The van der Waals surface area contributed by atoms with Crippen LogP contribution in [0.4, 0.5) is 0 Å². The largest absolute Gasteiger partial charge is 0.469 e. The van der Waals surface area contributed by atoms with Crippen molar-refractivity contribution in [2.24, 2.45) is 5.92 Å². The van der Waals surface area contributed by atoms with E-state index in [1.807, 2.05) is 0 Å². The summed E-state index contributed by atoms with van der Waals surface area (Å²) in [5.41, 5.74) is 0.761. The quantitative estimate of drug-likeness (QED) is 0.640. The number of ether oxygens (including phenoxy) is 1. The van der Waals surface area contributed by atoms with E-state index in [-0.39, 0.29) is 18.3 Å². The van der Waals surface area contributed by atoms with Crippen molar-refractivity contribution in [3.05, 3.63) is 54.4 Å². The summed E-state index contributed by atoms with van der Waals surface area (Å²) in [7, 11) is 0. The highest BCUT2D eigenvalue weighted by atomic mass is 16.5. The van der Waals surface area contributed by atoms with Crippen LogP contribution in [-0.2, 0) is 14.3 Å². The molecule has 2 atom stereocenters. The predicted octanol–water partition coefficient (Wildman–Crippen LogP) is 3.19. The van der Waals surface area contributed by atoms with Crippen LogP contribution in [0.1, 0.15) is 30.8 Å². The van der Waals surface area contributed by atoms with Gasteiger partial charge >= 0.3 is 5.97 Å². The predicted molar refractivity (Wildman–Crippen MR) is 77.9 cm³/mol. The fourth-order valence-electron chi connectivity index (χ4n) is 2.79. The summed E-state index contributed by atoms with van der Waals surface area (Å²) < 4.78 is 15.8. The monoisotopic (exact) mass is 300 g/mol. The third-order valence-electron chi connectivity index (χ3n) is 3.75. The first kappa shape index (κ1) is 14.4. The zero-order valence-electron chi connectivity index (χ0n) is 12.2. The molecule has 0 bridgehead atoms. The Morgan fingerprint density at radius 2 is 2.05 bits per heavy atom. The van der Waals surface area contributed by atoms with Gasteiger partial charge < -0.3 is 13.6 Å². The van der Waals surface area contributed by atoms with Gasteiger partial charge in [0.05, 0.1) is 19.1 Å². The molecule has 1 aliphatic rings. The third-order valence-corrected chi connectivity index (χ3v) is 3.75. The smallest absolute Gasteiger partial charge is 0.317 e. The van der Waals surface area contributed by atoms with Gasteiger partial charge in [-0.25, -0.2) is 0 Å². The third kappa shape index (κ3) is 2.62. The Bertz CT molecular complexity index is 679. The molecule has 1 aliphatic carbocycles. The van der Waals surface area contributed by atoms with Gasteiger partial charge in [-0.2, -0.15) is 0 Å². The zero-order valence-corrected chi connectivity index (χ0v) is 12.2. The SMILES string of the molecule is CCOC(=O)C1C(=O)C=C(c2ccco2)CC1c1ccco1. The standard InChI is InChI=1S/C17H16O5/c1-2-20-17(19)16-12(15-6-4-8-22-15)9-11(10-13(16)18)14-5-3-7-21-14/h3-8,10,12,16H,2,9H2,1H3. The molecule has 2 aromatic heterocycles. The van der Waals surface area contributed by atoms with Gasteiger partial charge in [0.25, 0.3) is 0 Å². The number of rotatable bonds is 4. The highest BCUT2D eigenvalue weighted by Gasteiger charge is 2.41. The van der Waals surface area contributed by atoms with E-state index in [0.29, 0.717) is 17.9 Å². The lowest BCUT2D eigenvalue weighted by Gasteiger charge is -2.26. The molecule has 5 heteroatoms. The fourth-order valence-corrected chi connectivity index (χ4v) is 2.79. The van der Waals surface area contributed by atoms with Crippen LogP contribution >= 0.6 is 0 Å². The highest BCUT2D eigenvalue weighted by molar-refractivity contribution is 6.10. The molecule has 114 valence electrons. The molecular formula is C17H16O5. The van der Waals surface area contributed by atoms with Crippen molar-refractivity contribution in [2.45, 2.75) is 19.3 Å². The number of hydrogen-bond acceptors (Lipinski definition) is 5. The normalized spacial score (nSPS) is 21.5. The molecule has 2 heterocycles. The van der Waals surface area contributed by atoms with Crippen LogP contribution in [0.3, 0.4) is 0 Å². The maximum Gasteiger partial charge on any atom is 0.317 e. The van der Waals surface area contributed by atoms with Gasteiger partial charge in [-0.05, 0) is 49.3 Å². The van der Waals surface area contributed by atoms with Crippen LogP contribution in [0.5, 0.6) is 0 Å². The molecule has 0 spiro atoms. The van der Waals surface area contributed by atoms with E-state index in [9.17, 15) is 9.59 Å². The summed E-state index contributed by atoms with van der Waals surface area (Å²) in [5, 5.41) is 0. The van der Waals surface area contributed by atoms with Gasteiger partial charge in [0.2, 0.25) is 0 Å². The van der Waals surface area contributed by atoms with Gasteiger partial charge in [-0.3, -0.25) is 9.59 Å². The Hall–Kier alpha value is -2.56. The minimum Gasteiger partial charge on any atom is -0.469 e. The van der Waals surface area contributed by atoms with E-state index in [0.717, 1.165) is 5.57 Å². The first-order valence-corrected chi connectivity index (χ1v) is 7.19.